The highest BCUT2D eigenvalue weighted by molar-refractivity contribution is 5.92. The Hall–Kier alpha value is -2.13. The standard InChI is InChI=1S/C16H16N2O/c19-17-15-11-18(12-15)16(13-7-3-1-4-8-13)14-9-5-2-6-10-14/h1-10,16,19H,11-12H2. The minimum absolute atomic E-state index is 0.230. The van der Waals surface area contributed by atoms with E-state index < -0.39 is 0 Å². The zero-order chi connectivity index (χ0) is 13.1. The van der Waals surface area contributed by atoms with Crippen molar-refractivity contribution in [3.05, 3.63) is 71.8 Å². The SMILES string of the molecule is ON=C1CN(C(c2ccccc2)c2ccccc2)C1. The fourth-order valence-corrected chi connectivity index (χ4v) is 2.55. The van der Waals surface area contributed by atoms with Gasteiger partial charge in [0.25, 0.3) is 0 Å². The second-order valence-electron chi connectivity index (χ2n) is 4.80. The molecule has 3 heteroatoms. The van der Waals surface area contributed by atoms with E-state index in [1.54, 1.807) is 0 Å². The summed E-state index contributed by atoms with van der Waals surface area (Å²) in [7, 11) is 0. The van der Waals surface area contributed by atoms with Gasteiger partial charge in [0.1, 0.15) is 0 Å². The van der Waals surface area contributed by atoms with E-state index in [-0.39, 0.29) is 6.04 Å². The van der Waals surface area contributed by atoms with Gasteiger partial charge in [-0.3, -0.25) is 4.90 Å². The third kappa shape index (κ3) is 2.37. The first-order valence-electron chi connectivity index (χ1n) is 6.42. The summed E-state index contributed by atoms with van der Waals surface area (Å²) in [4.78, 5) is 2.31. The quantitative estimate of drug-likeness (QED) is 0.673. The van der Waals surface area contributed by atoms with E-state index in [0.29, 0.717) is 0 Å². The fourth-order valence-electron chi connectivity index (χ4n) is 2.55. The first-order chi connectivity index (χ1) is 9.38. The van der Waals surface area contributed by atoms with Gasteiger partial charge in [0.2, 0.25) is 0 Å². The van der Waals surface area contributed by atoms with Gasteiger partial charge in [0.15, 0.2) is 0 Å². The molecule has 0 radical (unpaired) electrons. The lowest BCUT2D eigenvalue weighted by molar-refractivity contribution is 0.230. The van der Waals surface area contributed by atoms with Crippen molar-refractivity contribution >= 4 is 5.71 Å². The Kier molecular flexibility index (Phi) is 3.29. The largest absolute Gasteiger partial charge is 0.411 e. The predicted molar refractivity (Wildman–Crippen MR) is 75.5 cm³/mol. The maximum Gasteiger partial charge on any atom is 0.0851 e. The monoisotopic (exact) mass is 252 g/mol. The smallest absolute Gasteiger partial charge is 0.0851 e. The third-order valence-corrected chi connectivity index (χ3v) is 3.51. The van der Waals surface area contributed by atoms with Crippen LogP contribution in [-0.2, 0) is 0 Å². The fraction of sp³-hybridized carbons (Fsp3) is 0.188. The van der Waals surface area contributed by atoms with Crippen molar-refractivity contribution in [1.29, 1.82) is 0 Å². The topological polar surface area (TPSA) is 35.8 Å². The normalized spacial score (nSPS) is 15.3. The van der Waals surface area contributed by atoms with Gasteiger partial charge in [-0.2, -0.15) is 0 Å². The highest BCUT2D eigenvalue weighted by atomic mass is 16.4. The minimum Gasteiger partial charge on any atom is -0.411 e. The van der Waals surface area contributed by atoms with Crippen molar-refractivity contribution in [2.45, 2.75) is 6.04 Å². The Bertz CT molecular complexity index is 518. The van der Waals surface area contributed by atoms with Gasteiger partial charge in [-0.1, -0.05) is 65.8 Å². The zero-order valence-electron chi connectivity index (χ0n) is 10.6. The molecule has 1 saturated heterocycles. The van der Waals surface area contributed by atoms with Gasteiger partial charge in [-0.25, -0.2) is 0 Å². The Morgan fingerprint density at radius 1 is 0.842 bits per heavy atom. The van der Waals surface area contributed by atoms with Crippen LogP contribution in [0.4, 0.5) is 0 Å². The molecule has 0 atom stereocenters. The van der Waals surface area contributed by atoms with E-state index >= 15 is 0 Å². The molecule has 1 heterocycles. The number of benzene rings is 2. The molecular weight excluding hydrogens is 236 g/mol. The average Bonchev–Trinajstić information content (AvgIpc) is 2.44. The molecule has 3 rings (SSSR count). The molecule has 3 nitrogen and oxygen atoms in total. The molecule has 0 aliphatic carbocycles. The van der Waals surface area contributed by atoms with Crippen LogP contribution < -0.4 is 0 Å². The van der Waals surface area contributed by atoms with Crippen LogP contribution in [0.1, 0.15) is 17.2 Å². The van der Waals surface area contributed by atoms with Crippen molar-refractivity contribution < 1.29 is 5.21 Å². The number of hydrogen-bond donors (Lipinski definition) is 1. The van der Waals surface area contributed by atoms with Gasteiger partial charge in [0.05, 0.1) is 11.8 Å². The Morgan fingerprint density at radius 2 is 1.32 bits per heavy atom. The number of hydrogen-bond acceptors (Lipinski definition) is 3. The van der Waals surface area contributed by atoms with Gasteiger partial charge >= 0.3 is 0 Å². The van der Waals surface area contributed by atoms with Crippen molar-refractivity contribution in [3.63, 3.8) is 0 Å². The van der Waals surface area contributed by atoms with Crippen molar-refractivity contribution in [2.24, 2.45) is 5.16 Å². The molecule has 1 N–H and O–H groups in total. The van der Waals surface area contributed by atoms with Gasteiger partial charge in [-0.05, 0) is 11.1 Å². The van der Waals surface area contributed by atoms with Crippen LogP contribution in [0.25, 0.3) is 0 Å². The molecule has 0 unspecified atom stereocenters. The summed E-state index contributed by atoms with van der Waals surface area (Å²) in [6, 6.07) is 21.1. The van der Waals surface area contributed by atoms with Crippen LogP contribution in [0, 0.1) is 0 Å². The van der Waals surface area contributed by atoms with Crippen molar-refractivity contribution in [1.82, 2.24) is 4.90 Å². The maximum atomic E-state index is 8.79. The molecule has 1 aliphatic heterocycles. The van der Waals surface area contributed by atoms with Crippen LogP contribution in [-0.4, -0.2) is 28.9 Å². The third-order valence-electron chi connectivity index (χ3n) is 3.51. The predicted octanol–water partition coefficient (Wildman–Crippen LogP) is 2.92. The summed E-state index contributed by atoms with van der Waals surface area (Å²) in [5.41, 5.74) is 3.38. The van der Waals surface area contributed by atoms with Gasteiger partial charge in [0, 0.05) is 13.1 Å². The molecule has 1 aliphatic rings. The molecule has 0 saturated carbocycles. The molecule has 2 aromatic rings. The molecule has 2 aromatic carbocycles. The summed E-state index contributed by atoms with van der Waals surface area (Å²) < 4.78 is 0. The van der Waals surface area contributed by atoms with Crippen molar-refractivity contribution in [2.75, 3.05) is 13.1 Å². The summed E-state index contributed by atoms with van der Waals surface area (Å²) >= 11 is 0. The molecule has 0 bridgehead atoms. The van der Waals surface area contributed by atoms with Gasteiger partial charge < -0.3 is 5.21 Å². The van der Waals surface area contributed by atoms with E-state index in [4.69, 9.17) is 5.21 Å². The van der Waals surface area contributed by atoms with Crippen molar-refractivity contribution in [3.8, 4) is 0 Å². The van der Waals surface area contributed by atoms with Crippen LogP contribution in [0.3, 0.4) is 0 Å². The summed E-state index contributed by atoms with van der Waals surface area (Å²) in [6.45, 7) is 1.45. The zero-order valence-corrected chi connectivity index (χ0v) is 10.6. The van der Waals surface area contributed by atoms with E-state index in [1.165, 1.54) is 11.1 Å². The molecule has 0 aromatic heterocycles. The first kappa shape index (κ1) is 11.9. The van der Waals surface area contributed by atoms with E-state index in [2.05, 4.69) is 58.6 Å². The lowest BCUT2D eigenvalue weighted by Crippen LogP contribution is -2.49. The molecule has 1 fully saturated rings. The summed E-state index contributed by atoms with van der Waals surface area (Å²) in [6.07, 6.45) is 0. The maximum absolute atomic E-state index is 8.79. The number of likely N-dealkylation sites (tertiary alicyclic amines) is 1. The highest BCUT2D eigenvalue weighted by Crippen LogP contribution is 2.31. The minimum atomic E-state index is 0.230. The highest BCUT2D eigenvalue weighted by Gasteiger charge is 2.31. The van der Waals surface area contributed by atoms with Crippen LogP contribution in [0.2, 0.25) is 0 Å². The lowest BCUT2D eigenvalue weighted by Gasteiger charge is -2.39. The van der Waals surface area contributed by atoms with Crippen LogP contribution >= 0.6 is 0 Å². The number of rotatable bonds is 3. The van der Waals surface area contributed by atoms with Crippen LogP contribution in [0.15, 0.2) is 65.8 Å². The second kappa shape index (κ2) is 5.24. The van der Waals surface area contributed by atoms with Crippen LogP contribution in [0.5, 0.6) is 0 Å². The molecule has 0 spiro atoms. The molecular formula is C16H16N2O. The Labute approximate surface area is 112 Å². The average molecular weight is 252 g/mol. The lowest BCUT2D eigenvalue weighted by atomic mass is 9.94. The number of nitrogens with zero attached hydrogens (tertiary/aromatic N) is 2. The van der Waals surface area contributed by atoms with E-state index in [0.717, 1.165) is 18.8 Å². The van der Waals surface area contributed by atoms with E-state index in [1.807, 2.05) is 12.1 Å². The summed E-state index contributed by atoms with van der Waals surface area (Å²) in [5.74, 6) is 0. The summed E-state index contributed by atoms with van der Waals surface area (Å²) in [5, 5.41) is 12.1. The molecule has 0 amide bonds. The first-order valence-corrected chi connectivity index (χ1v) is 6.42. The van der Waals surface area contributed by atoms with Gasteiger partial charge in [-0.15, -0.1) is 0 Å². The van der Waals surface area contributed by atoms with E-state index in [9.17, 15) is 0 Å². The number of oxime groups is 1. The molecule has 19 heavy (non-hydrogen) atoms. The Balaban J connectivity index is 1.93. The molecule has 96 valence electrons. The second-order valence-corrected chi connectivity index (χ2v) is 4.80. The Morgan fingerprint density at radius 3 is 1.74 bits per heavy atom.